The number of hydrogen-bond donors (Lipinski definition) is 1. The molecule has 0 saturated carbocycles. The van der Waals surface area contributed by atoms with Gasteiger partial charge in [-0.25, -0.2) is 0 Å². The molecule has 2 N–H and O–H groups in total. The maximum atomic E-state index is 12.6. The molecule has 9 heteroatoms. The number of likely N-dealkylation sites (N-methyl/N-ethyl adjacent to an activating group) is 1. The van der Waals surface area contributed by atoms with E-state index in [4.69, 9.17) is 26.8 Å². The van der Waals surface area contributed by atoms with Crippen LogP contribution in [0.5, 0.6) is 11.5 Å². The van der Waals surface area contributed by atoms with Crippen LogP contribution >= 0.6 is 11.6 Å². The number of ether oxygens (including phenoxy) is 2. The Labute approximate surface area is 150 Å². The summed E-state index contributed by atoms with van der Waals surface area (Å²) in [5.41, 5.74) is 5.40. The monoisotopic (exact) mass is 366 g/mol. The third-order valence-electron chi connectivity index (χ3n) is 3.41. The van der Waals surface area contributed by atoms with E-state index in [1.165, 1.54) is 19.2 Å². The van der Waals surface area contributed by atoms with E-state index in [1.807, 2.05) is 12.3 Å². The molecule has 0 bridgehead atoms. The van der Waals surface area contributed by atoms with Gasteiger partial charge in [-0.2, -0.15) is 5.10 Å². The lowest BCUT2D eigenvalue weighted by molar-refractivity contribution is -0.119. The van der Waals surface area contributed by atoms with Crippen LogP contribution in [0.1, 0.15) is 10.4 Å². The Bertz CT molecular complexity index is 749. The fourth-order valence-corrected chi connectivity index (χ4v) is 2.40. The van der Waals surface area contributed by atoms with Gasteiger partial charge in [-0.05, 0) is 18.2 Å². The summed E-state index contributed by atoms with van der Waals surface area (Å²) in [5, 5.41) is 4.25. The van der Waals surface area contributed by atoms with Crippen molar-refractivity contribution in [2.75, 3.05) is 27.3 Å². The second-order valence-electron chi connectivity index (χ2n) is 5.24. The first-order valence-electron chi connectivity index (χ1n) is 7.44. The Morgan fingerprint density at radius 2 is 2.16 bits per heavy atom. The molecule has 2 amide bonds. The highest BCUT2D eigenvalue weighted by Gasteiger charge is 2.19. The lowest BCUT2D eigenvalue weighted by atomic mass is 10.1. The van der Waals surface area contributed by atoms with Crippen LogP contribution in [0.2, 0.25) is 5.02 Å². The Hall–Kier alpha value is -2.74. The number of amides is 2. The number of aromatic nitrogens is 2. The van der Waals surface area contributed by atoms with Gasteiger partial charge in [0.25, 0.3) is 11.8 Å². The first-order chi connectivity index (χ1) is 11.9. The van der Waals surface area contributed by atoms with Crippen molar-refractivity contribution in [1.29, 1.82) is 0 Å². The Morgan fingerprint density at radius 3 is 2.76 bits per heavy atom. The number of rotatable bonds is 8. The molecule has 0 aliphatic heterocycles. The molecule has 0 atom stereocenters. The minimum Gasteiger partial charge on any atom is -0.493 e. The zero-order valence-corrected chi connectivity index (χ0v) is 14.7. The predicted octanol–water partition coefficient (Wildman–Crippen LogP) is 1.18. The van der Waals surface area contributed by atoms with Crippen LogP contribution in [-0.2, 0) is 11.3 Å². The summed E-state index contributed by atoms with van der Waals surface area (Å²) in [6, 6.07) is 4.79. The van der Waals surface area contributed by atoms with Crippen molar-refractivity contribution in [3.63, 3.8) is 0 Å². The summed E-state index contributed by atoms with van der Waals surface area (Å²) in [5.74, 6) is -0.457. The normalized spacial score (nSPS) is 10.4. The number of hydrogen-bond acceptors (Lipinski definition) is 5. The van der Waals surface area contributed by atoms with Crippen molar-refractivity contribution in [3.05, 3.63) is 41.2 Å². The maximum Gasteiger partial charge on any atom is 0.255 e. The van der Waals surface area contributed by atoms with E-state index >= 15 is 0 Å². The third-order valence-corrected chi connectivity index (χ3v) is 3.69. The smallest absolute Gasteiger partial charge is 0.255 e. The lowest BCUT2D eigenvalue weighted by Gasteiger charge is -2.19. The van der Waals surface area contributed by atoms with Crippen LogP contribution in [0, 0.1) is 0 Å². The lowest BCUT2D eigenvalue weighted by Crippen LogP contribution is -2.30. The molecule has 0 aliphatic carbocycles. The predicted molar refractivity (Wildman–Crippen MR) is 91.9 cm³/mol. The van der Waals surface area contributed by atoms with Crippen molar-refractivity contribution in [2.24, 2.45) is 5.73 Å². The summed E-state index contributed by atoms with van der Waals surface area (Å²) < 4.78 is 12.2. The van der Waals surface area contributed by atoms with Crippen LogP contribution in [0.15, 0.2) is 30.6 Å². The molecule has 2 aromatic rings. The minimum absolute atomic E-state index is 0.157. The van der Waals surface area contributed by atoms with E-state index in [-0.39, 0.29) is 29.0 Å². The fourth-order valence-electron chi connectivity index (χ4n) is 2.13. The van der Waals surface area contributed by atoms with Gasteiger partial charge >= 0.3 is 0 Å². The summed E-state index contributed by atoms with van der Waals surface area (Å²) in [6.07, 6.45) is 3.50. The van der Waals surface area contributed by atoms with E-state index in [2.05, 4.69) is 5.10 Å². The van der Waals surface area contributed by atoms with Gasteiger partial charge < -0.3 is 20.1 Å². The molecule has 2 rings (SSSR count). The number of carbonyl (C=O) groups is 2. The van der Waals surface area contributed by atoms with Gasteiger partial charge in [0.15, 0.2) is 18.1 Å². The largest absolute Gasteiger partial charge is 0.493 e. The molecular weight excluding hydrogens is 348 g/mol. The molecule has 8 nitrogen and oxygen atoms in total. The topological polar surface area (TPSA) is 99.7 Å². The zero-order valence-electron chi connectivity index (χ0n) is 13.9. The van der Waals surface area contributed by atoms with Crippen LogP contribution in [0.25, 0.3) is 0 Å². The number of carbonyl (C=O) groups excluding carboxylic acids is 2. The van der Waals surface area contributed by atoms with Crippen LogP contribution < -0.4 is 15.2 Å². The van der Waals surface area contributed by atoms with Crippen molar-refractivity contribution in [2.45, 2.75) is 6.54 Å². The first-order valence-corrected chi connectivity index (χ1v) is 7.81. The molecule has 0 saturated heterocycles. The van der Waals surface area contributed by atoms with Gasteiger partial charge in [0.1, 0.15) is 0 Å². The van der Waals surface area contributed by atoms with E-state index < -0.39 is 5.91 Å². The summed E-state index contributed by atoms with van der Waals surface area (Å²) in [6.45, 7) is 0.702. The van der Waals surface area contributed by atoms with Gasteiger partial charge in [0, 0.05) is 31.5 Å². The van der Waals surface area contributed by atoms with Crippen LogP contribution in [0.4, 0.5) is 0 Å². The van der Waals surface area contributed by atoms with Gasteiger partial charge in [-0.1, -0.05) is 11.6 Å². The standard InChI is InChI=1S/C16H19ClN4O4/c1-20(6-7-21-5-3-4-19-21)16(23)11-8-12(17)15(13(9-11)24-2)25-10-14(18)22/h3-5,8-9H,6-7,10H2,1-2H3,(H2,18,22). The van der Waals surface area contributed by atoms with E-state index in [0.29, 0.717) is 18.7 Å². The number of nitrogens with zero attached hydrogens (tertiary/aromatic N) is 3. The number of primary amides is 1. The molecule has 1 aromatic carbocycles. The average Bonchev–Trinajstić information content (AvgIpc) is 3.10. The number of nitrogens with two attached hydrogens (primary N) is 1. The van der Waals surface area contributed by atoms with E-state index in [9.17, 15) is 9.59 Å². The molecule has 1 aromatic heterocycles. The van der Waals surface area contributed by atoms with Crippen LogP contribution in [-0.4, -0.2) is 53.8 Å². The number of halogens is 1. The van der Waals surface area contributed by atoms with Crippen molar-refractivity contribution in [3.8, 4) is 11.5 Å². The molecule has 1 heterocycles. The highest BCUT2D eigenvalue weighted by molar-refractivity contribution is 6.32. The Morgan fingerprint density at radius 1 is 1.40 bits per heavy atom. The second-order valence-corrected chi connectivity index (χ2v) is 5.65. The van der Waals surface area contributed by atoms with Gasteiger partial charge in [0.2, 0.25) is 0 Å². The molecule has 0 radical (unpaired) electrons. The second kappa shape index (κ2) is 8.39. The highest BCUT2D eigenvalue weighted by Crippen LogP contribution is 2.36. The summed E-state index contributed by atoms with van der Waals surface area (Å²) in [7, 11) is 3.10. The van der Waals surface area contributed by atoms with Crippen molar-refractivity contribution < 1.29 is 19.1 Å². The molecular formula is C16H19ClN4O4. The average molecular weight is 367 g/mol. The summed E-state index contributed by atoms with van der Waals surface area (Å²) in [4.78, 5) is 25.0. The summed E-state index contributed by atoms with van der Waals surface area (Å²) >= 11 is 6.16. The quantitative estimate of drug-likeness (QED) is 0.756. The number of benzene rings is 1. The van der Waals surface area contributed by atoms with Crippen molar-refractivity contribution >= 4 is 23.4 Å². The van der Waals surface area contributed by atoms with Crippen LogP contribution in [0.3, 0.4) is 0 Å². The Kier molecular flexibility index (Phi) is 6.24. The Balaban J connectivity index is 2.13. The van der Waals surface area contributed by atoms with E-state index in [0.717, 1.165) is 0 Å². The van der Waals surface area contributed by atoms with Gasteiger partial charge in [-0.3, -0.25) is 14.3 Å². The molecule has 0 fully saturated rings. The van der Waals surface area contributed by atoms with E-state index in [1.54, 1.807) is 22.8 Å². The molecule has 0 spiro atoms. The molecule has 0 unspecified atom stereocenters. The molecule has 25 heavy (non-hydrogen) atoms. The minimum atomic E-state index is -0.642. The SMILES string of the molecule is COc1cc(C(=O)N(C)CCn2cccn2)cc(Cl)c1OCC(N)=O. The van der Waals surface area contributed by atoms with Crippen molar-refractivity contribution in [1.82, 2.24) is 14.7 Å². The molecule has 134 valence electrons. The zero-order chi connectivity index (χ0) is 18.4. The van der Waals surface area contributed by atoms with Gasteiger partial charge in [-0.15, -0.1) is 0 Å². The number of methoxy groups -OCH3 is 1. The molecule has 0 aliphatic rings. The fraction of sp³-hybridized carbons (Fsp3) is 0.312. The third kappa shape index (κ3) is 4.87. The first kappa shape index (κ1) is 18.6. The maximum absolute atomic E-state index is 12.6. The van der Waals surface area contributed by atoms with Gasteiger partial charge in [0.05, 0.1) is 18.7 Å². The highest BCUT2D eigenvalue weighted by atomic mass is 35.5.